The zero-order chi connectivity index (χ0) is 18.2. The number of nitrogens with one attached hydrogen (secondary N) is 1. The zero-order valence-electron chi connectivity index (χ0n) is 15.5. The highest BCUT2D eigenvalue weighted by Gasteiger charge is 2.13. The summed E-state index contributed by atoms with van der Waals surface area (Å²) in [7, 11) is 0. The van der Waals surface area contributed by atoms with Crippen molar-refractivity contribution in [2.45, 2.75) is 32.4 Å². The molecule has 2 aromatic rings. The van der Waals surface area contributed by atoms with E-state index in [1.54, 1.807) is 0 Å². The minimum atomic E-state index is 0.00869. The highest BCUT2D eigenvalue weighted by atomic mass is 16.5. The summed E-state index contributed by atoms with van der Waals surface area (Å²) in [6.07, 6.45) is 1.91. The molecular weight excluding hydrogens is 324 g/mol. The van der Waals surface area contributed by atoms with Crippen LogP contribution in [-0.2, 0) is 17.7 Å². The molecule has 0 spiro atoms. The lowest BCUT2D eigenvalue weighted by Gasteiger charge is -2.26. The van der Waals surface area contributed by atoms with E-state index in [4.69, 9.17) is 4.74 Å². The van der Waals surface area contributed by atoms with E-state index in [1.807, 2.05) is 24.3 Å². The number of hydrogen-bond donors (Lipinski definition) is 1. The molecule has 0 saturated carbocycles. The number of amides is 1. The summed E-state index contributed by atoms with van der Waals surface area (Å²) in [5, 5.41) is 3.12. The molecule has 0 aromatic heterocycles. The second-order valence-corrected chi connectivity index (χ2v) is 6.99. The van der Waals surface area contributed by atoms with E-state index in [-0.39, 0.29) is 11.9 Å². The largest absolute Gasteiger partial charge is 0.379 e. The fourth-order valence-electron chi connectivity index (χ4n) is 3.24. The van der Waals surface area contributed by atoms with Crippen molar-refractivity contribution in [1.82, 2.24) is 10.2 Å². The third kappa shape index (κ3) is 5.68. The molecule has 1 amide bonds. The van der Waals surface area contributed by atoms with Crippen molar-refractivity contribution in [3.63, 3.8) is 0 Å². The van der Waals surface area contributed by atoms with Crippen LogP contribution < -0.4 is 5.32 Å². The predicted molar refractivity (Wildman–Crippen MR) is 104 cm³/mol. The molecular formula is C22H28N2O2. The van der Waals surface area contributed by atoms with Crippen molar-refractivity contribution in [2.75, 3.05) is 26.3 Å². The maximum absolute atomic E-state index is 12.6. The van der Waals surface area contributed by atoms with E-state index in [2.05, 4.69) is 47.5 Å². The third-order valence-corrected chi connectivity index (χ3v) is 4.79. The lowest BCUT2D eigenvalue weighted by atomic mass is 10.1. The Bertz CT molecular complexity index is 696. The smallest absolute Gasteiger partial charge is 0.251 e. The number of ether oxygens (including phenoxy) is 1. The molecule has 1 heterocycles. The number of benzene rings is 2. The van der Waals surface area contributed by atoms with Crippen LogP contribution >= 0.6 is 0 Å². The maximum Gasteiger partial charge on any atom is 0.251 e. The minimum absolute atomic E-state index is 0.00869. The van der Waals surface area contributed by atoms with Gasteiger partial charge in [0.2, 0.25) is 0 Å². The van der Waals surface area contributed by atoms with Gasteiger partial charge in [-0.25, -0.2) is 0 Å². The summed E-state index contributed by atoms with van der Waals surface area (Å²) < 4.78 is 5.39. The number of carbonyl (C=O) groups is 1. The Morgan fingerprint density at radius 2 is 1.81 bits per heavy atom. The molecule has 1 saturated heterocycles. The van der Waals surface area contributed by atoms with Crippen LogP contribution in [0.4, 0.5) is 0 Å². The Balaban J connectivity index is 1.51. The van der Waals surface area contributed by atoms with Crippen LogP contribution in [0.15, 0.2) is 54.6 Å². The van der Waals surface area contributed by atoms with Gasteiger partial charge in [0, 0.05) is 31.2 Å². The van der Waals surface area contributed by atoms with E-state index >= 15 is 0 Å². The number of aryl methyl sites for hydroxylation is 1. The fourth-order valence-corrected chi connectivity index (χ4v) is 3.24. The second-order valence-electron chi connectivity index (χ2n) is 6.99. The SMILES string of the molecule is C[C@H](CCc1ccccc1)NC(=O)c1cccc(CN2CCOCC2)c1. The van der Waals surface area contributed by atoms with Gasteiger partial charge in [-0.05, 0) is 43.0 Å². The number of morpholine rings is 1. The average molecular weight is 352 g/mol. The normalized spacial score (nSPS) is 16.2. The van der Waals surface area contributed by atoms with Crippen LogP contribution in [0.2, 0.25) is 0 Å². The van der Waals surface area contributed by atoms with Gasteiger partial charge in [-0.2, -0.15) is 0 Å². The molecule has 3 rings (SSSR count). The van der Waals surface area contributed by atoms with Crippen molar-refractivity contribution >= 4 is 5.91 Å². The summed E-state index contributed by atoms with van der Waals surface area (Å²) in [5.74, 6) is 0.00869. The first-order valence-electron chi connectivity index (χ1n) is 9.44. The molecule has 2 aromatic carbocycles. The van der Waals surface area contributed by atoms with Crippen molar-refractivity contribution < 1.29 is 9.53 Å². The number of carbonyl (C=O) groups excluding carboxylic acids is 1. The molecule has 138 valence electrons. The van der Waals surface area contributed by atoms with Crippen LogP contribution in [0, 0.1) is 0 Å². The summed E-state index contributed by atoms with van der Waals surface area (Å²) in [6.45, 7) is 6.42. The third-order valence-electron chi connectivity index (χ3n) is 4.79. The van der Waals surface area contributed by atoms with Crippen LogP contribution in [-0.4, -0.2) is 43.2 Å². The summed E-state index contributed by atoms with van der Waals surface area (Å²) >= 11 is 0. The topological polar surface area (TPSA) is 41.6 Å². The molecule has 1 aliphatic heterocycles. The fraction of sp³-hybridized carbons (Fsp3) is 0.409. The van der Waals surface area contributed by atoms with Gasteiger partial charge < -0.3 is 10.1 Å². The second kappa shape index (κ2) is 9.51. The van der Waals surface area contributed by atoms with Gasteiger partial charge in [0.25, 0.3) is 5.91 Å². The van der Waals surface area contributed by atoms with E-state index in [1.165, 1.54) is 11.1 Å². The minimum Gasteiger partial charge on any atom is -0.379 e. The summed E-state index contributed by atoms with van der Waals surface area (Å²) in [5.41, 5.74) is 3.22. The first-order valence-corrected chi connectivity index (χ1v) is 9.44. The van der Waals surface area contributed by atoms with Gasteiger partial charge in [-0.15, -0.1) is 0 Å². The van der Waals surface area contributed by atoms with Gasteiger partial charge in [0.05, 0.1) is 13.2 Å². The maximum atomic E-state index is 12.6. The quantitative estimate of drug-likeness (QED) is 0.831. The van der Waals surface area contributed by atoms with Gasteiger partial charge >= 0.3 is 0 Å². The first-order chi connectivity index (χ1) is 12.7. The molecule has 1 N–H and O–H groups in total. The number of hydrogen-bond acceptors (Lipinski definition) is 3. The summed E-state index contributed by atoms with van der Waals surface area (Å²) in [4.78, 5) is 14.9. The highest BCUT2D eigenvalue weighted by molar-refractivity contribution is 5.94. The Kier molecular flexibility index (Phi) is 6.81. The van der Waals surface area contributed by atoms with Crippen molar-refractivity contribution in [3.8, 4) is 0 Å². The lowest BCUT2D eigenvalue weighted by Crippen LogP contribution is -2.36. The molecule has 1 fully saturated rings. The predicted octanol–water partition coefficient (Wildman–Crippen LogP) is 3.27. The summed E-state index contributed by atoms with van der Waals surface area (Å²) in [6, 6.07) is 18.5. The lowest BCUT2D eigenvalue weighted by molar-refractivity contribution is 0.0342. The molecule has 0 aliphatic carbocycles. The van der Waals surface area contributed by atoms with Crippen LogP contribution in [0.3, 0.4) is 0 Å². The Labute approximate surface area is 156 Å². The first kappa shape index (κ1) is 18.6. The molecule has 0 bridgehead atoms. The average Bonchev–Trinajstić information content (AvgIpc) is 2.68. The standard InChI is InChI=1S/C22H28N2O2/c1-18(10-11-19-6-3-2-4-7-19)23-22(25)21-9-5-8-20(16-21)17-24-12-14-26-15-13-24/h2-9,16,18H,10-15,17H2,1H3,(H,23,25)/t18-/m1/s1. The Hall–Kier alpha value is -2.17. The number of nitrogens with zero attached hydrogens (tertiary/aromatic N) is 1. The van der Waals surface area contributed by atoms with Crippen LogP contribution in [0.1, 0.15) is 34.8 Å². The monoisotopic (exact) mass is 352 g/mol. The Morgan fingerprint density at radius 3 is 2.58 bits per heavy atom. The molecule has 4 heteroatoms. The van der Waals surface area contributed by atoms with Crippen molar-refractivity contribution in [1.29, 1.82) is 0 Å². The van der Waals surface area contributed by atoms with Crippen LogP contribution in [0.25, 0.3) is 0 Å². The van der Waals surface area contributed by atoms with E-state index < -0.39 is 0 Å². The van der Waals surface area contributed by atoms with Gasteiger partial charge in [0.1, 0.15) is 0 Å². The van der Waals surface area contributed by atoms with E-state index in [0.717, 1.165) is 51.3 Å². The van der Waals surface area contributed by atoms with Crippen molar-refractivity contribution in [2.24, 2.45) is 0 Å². The van der Waals surface area contributed by atoms with Crippen LogP contribution in [0.5, 0.6) is 0 Å². The zero-order valence-corrected chi connectivity index (χ0v) is 15.5. The molecule has 4 nitrogen and oxygen atoms in total. The van der Waals surface area contributed by atoms with Gasteiger partial charge in [-0.3, -0.25) is 9.69 Å². The molecule has 0 unspecified atom stereocenters. The number of rotatable bonds is 7. The van der Waals surface area contributed by atoms with E-state index in [0.29, 0.717) is 0 Å². The van der Waals surface area contributed by atoms with Gasteiger partial charge in [-0.1, -0.05) is 42.5 Å². The molecule has 26 heavy (non-hydrogen) atoms. The molecule has 0 radical (unpaired) electrons. The Morgan fingerprint density at radius 1 is 1.08 bits per heavy atom. The molecule has 1 atom stereocenters. The highest BCUT2D eigenvalue weighted by Crippen LogP contribution is 2.11. The molecule has 1 aliphatic rings. The van der Waals surface area contributed by atoms with Gasteiger partial charge in [0.15, 0.2) is 0 Å². The van der Waals surface area contributed by atoms with Crippen molar-refractivity contribution in [3.05, 3.63) is 71.3 Å². The van der Waals surface area contributed by atoms with E-state index in [9.17, 15) is 4.79 Å².